The molecule has 0 radical (unpaired) electrons. The van der Waals surface area contributed by atoms with E-state index >= 15 is 0 Å². The van der Waals surface area contributed by atoms with Crippen LogP contribution < -0.4 is 5.32 Å². The summed E-state index contributed by atoms with van der Waals surface area (Å²) >= 11 is 0. The van der Waals surface area contributed by atoms with Gasteiger partial charge in [0, 0.05) is 25.0 Å². The Balaban J connectivity index is 1.86. The summed E-state index contributed by atoms with van der Waals surface area (Å²) in [6.07, 6.45) is 0.362. The van der Waals surface area contributed by atoms with Gasteiger partial charge < -0.3 is 10.1 Å². The molecule has 0 aliphatic carbocycles. The highest BCUT2D eigenvalue weighted by molar-refractivity contribution is 5.81. The monoisotopic (exact) mass is 231 g/mol. The first-order valence-corrected chi connectivity index (χ1v) is 6.15. The van der Waals surface area contributed by atoms with Gasteiger partial charge in [-0.3, -0.25) is 4.68 Å². The molecule has 1 aliphatic heterocycles. The van der Waals surface area contributed by atoms with Crippen LogP contribution in [0.3, 0.4) is 0 Å². The van der Waals surface area contributed by atoms with Crippen LogP contribution in [0, 0.1) is 0 Å². The molecular weight excluding hydrogens is 214 g/mol. The molecular formula is C13H17N3O. The predicted molar refractivity (Wildman–Crippen MR) is 66.9 cm³/mol. The van der Waals surface area contributed by atoms with E-state index in [1.54, 1.807) is 0 Å². The third-order valence-corrected chi connectivity index (χ3v) is 3.23. The summed E-state index contributed by atoms with van der Waals surface area (Å²) in [6, 6.07) is 8.33. The predicted octanol–water partition coefficient (Wildman–Crippen LogP) is 1.54. The van der Waals surface area contributed by atoms with Crippen LogP contribution in [-0.2, 0) is 17.9 Å². The number of nitrogens with zero attached hydrogens (tertiary/aromatic N) is 2. The molecule has 4 heteroatoms. The van der Waals surface area contributed by atoms with Crippen LogP contribution in [0.1, 0.15) is 12.6 Å². The van der Waals surface area contributed by atoms with Crippen molar-refractivity contribution in [2.75, 3.05) is 13.1 Å². The van der Waals surface area contributed by atoms with Crippen molar-refractivity contribution in [1.82, 2.24) is 15.1 Å². The molecule has 1 aromatic carbocycles. The largest absolute Gasteiger partial charge is 0.369 e. The average molecular weight is 231 g/mol. The maximum atomic E-state index is 5.79. The number of hydrogen-bond donors (Lipinski definition) is 1. The summed E-state index contributed by atoms with van der Waals surface area (Å²) in [5.41, 5.74) is 2.25. The van der Waals surface area contributed by atoms with Gasteiger partial charge in [0.15, 0.2) is 0 Å². The first kappa shape index (κ1) is 10.7. The quantitative estimate of drug-likeness (QED) is 0.867. The van der Waals surface area contributed by atoms with E-state index in [1.165, 1.54) is 10.9 Å². The van der Waals surface area contributed by atoms with Gasteiger partial charge in [0.05, 0.1) is 23.9 Å². The van der Waals surface area contributed by atoms with E-state index in [2.05, 4.69) is 41.6 Å². The van der Waals surface area contributed by atoms with E-state index in [0.717, 1.165) is 25.3 Å². The third-order valence-electron chi connectivity index (χ3n) is 3.23. The van der Waals surface area contributed by atoms with Crippen molar-refractivity contribution in [1.29, 1.82) is 0 Å². The van der Waals surface area contributed by atoms with Gasteiger partial charge in [-0.1, -0.05) is 18.2 Å². The third kappa shape index (κ3) is 1.94. The van der Waals surface area contributed by atoms with Gasteiger partial charge in [-0.25, -0.2) is 0 Å². The SMILES string of the molecule is CCn1nc(COC2CNC2)c2ccccc21. The minimum absolute atomic E-state index is 0.362. The van der Waals surface area contributed by atoms with Crippen molar-refractivity contribution in [2.45, 2.75) is 26.2 Å². The molecule has 1 fully saturated rings. The normalized spacial score (nSPS) is 16.3. The maximum absolute atomic E-state index is 5.79. The zero-order valence-electron chi connectivity index (χ0n) is 10.0. The lowest BCUT2D eigenvalue weighted by Gasteiger charge is -2.26. The molecule has 1 N–H and O–H groups in total. The average Bonchev–Trinajstić information content (AvgIpc) is 2.66. The lowest BCUT2D eigenvalue weighted by molar-refractivity contribution is 0.00634. The molecule has 0 saturated carbocycles. The minimum Gasteiger partial charge on any atom is -0.369 e. The van der Waals surface area contributed by atoms with Crippen LogP contribution >= 0.6 is 0 Å². The summed E-state index contributed by atoms with van der Waals surface area (Å²) in [5, 5.41) is 9.02. The van der Waals surface area contributed by atoms with Crippen molar-refractivity contribution in [3.8, 4) is 0 Å². The van der Waals surface area contributed by atoms with E-state index in [4.69, 9.17) is 4.74 Å². The standard InChI is InChI=1S/C13H17N3O/c1-2-16-13-6-4-3-5-11(13)12(15-16)9-17-10-7-14-8-10/h3-6,10,14H,2,7-9H2,1H3. The Morgan fingerprint density at radius 2 is 2.24 bits per heavy atom. The summed E-state index contributed by atoms with van der Waals surface area (Å²) in [5.74, 6) is 0. The number of ether oxygens (including phenoxy) is 1. The number of aryl methyl sites for hydroxylation is 1. The smallest absolute Gasteiger partial charge is 0.0960 e. The Bertz CT molecular complexity index is 516. The summed E-state index contributed by atoms with van der Waals surface area (Å²) < 4.78 is 7.83. The molecule has 1 saturated heterocycles. The fourth-order valence-electron chi connectivity index (χ4n) is 2.12. The molecule has 1 aromatic heterocycles. The number of hydrogen-bond acceptors (Lipinski definition) is 3. The molecule has 2 heterocycles. The molecule has 4 nitrogen and oxygen atoms in total. The van der Waals surface area contributed by atoms with E-state index in [1.807, 2.05) is 4.68 Å². The molecule has 1 aliphatic rings. The van der Waals surface area contributed by atoms with Crippen molar-refractivity contribution in [3.05, 3.63) is 30.0 Å². The van der Waals surface area contributed by atoms with Crippen molar-refractivity contribution >= 4 is 10.9 Å². The number of rotatable bonds is 4. The van der Waals surface area contributed by atoms with Gasteiger partial charge >= 0.3 is 0 Å². The van der Waals surface area contributed by atoms with Crippen LogP contribution in [0.2, 0.25) is 0 Å². The van der Waals surface area contributed by atoms with Crippen LogP contribution in [0.25, 0.3) is 10.9 Å². The molecule has 3 rings (SSSR count). The van der Waals surface area contributed by atoms with Gasteiger partial charge in [0.25, 0.3) is 0 Å². The number of para-hydroxylation sites is 1. The molecule has 0 unspecified atom stereocenters. The lowest BCUT2D eigenvalue weighted by Crippen LogP contribution is -2.48. The molecule has 2 aromatic rings. The fourth-order valence-corrected chi connectivity index (χ4v) is 2.12. The molecule has 0 atom stereocenters. The maximum Gasteiger partial charge on any atom is 0.0960 e. The minimum atomic E-state index is 0.362. The second-order valence-corrected chi connectivity index (χ2v) is 4.37. The Kier molecular flexibility index (Phi) is 2.82. The Labute approximate surface area is 101 Å². The second kappa shape index (κ2) is 4.47. The highest BCUT2D eigenvalue weighted by Gasteiger charge is 2.18. The van der Waals surface area contributed by atoms with Gasteiger partial charge in [-0.2, -0.15) is 5.10 Å². The Morgan fingerprint density at radius 3 is 2.94 bits per heavy atom. The fraction of sp³-hybridized carbons (Fsp3) is 0.462. The first-order chi connectivity index (χ1) is 8.38. The van der Waals surface area contributed by atoms with Crippen LogP contribution in [0.4, 0.5) is 0 Å². The number of aromatic nitrogens is 2. The molecule has 17 heavy (non-hydrogen) atoms. The van der Waals surface area contributed by atoms with Crippen LogP contribution in [0.5, 0.6) is 0 Å². The zero-order chi connectivity index (χ0) is 11.7. The van der Waals surface area contributed by atoms with Crippen LogP contribution in [0.15, 0.2) is 24.3 Å². The van der Waals surface area contributed by atoms with Gasteiger partial charge in [0.2, 0.25) is 0 Å². The van der Waals surface area contributed by atoms with E-state index in [-0.39, 0.29) is 0 Å². The topological polar surface area (TPSA) is 39.1 Å². The van der Waals surface area contributed by atoms with Gasteiger partial charge in [0.1, 0.15) is 0 Å². The number of benzene rings is 1. The van der Waals surface area contributed by atoms with Gasteiger partial charge in [-0.15, -0.1) is 0 Å². The lowest BCUT2D eigenvalue weighted by atomic mass is 10.2. The summed E-state index contributed by atoms with van der Waals surface area (Å²) in [4.78, 5) is 0. The number of nitrogens with one attached hydrogen (secondary N) is 1. The van der Waals surface area contributed by atoms with Crippen LogP contribution in [-0.4, -0.2) is 29.0 Å². The van der Waals surface area contributed by atoms with Crippen molar-refractivity contribution in [3.63, 3.8) is 0 Å². The molecule has 90 valence electrons. The van der Waals surface area contributed by atoms with E-state index in [0.29, 0.717) is 12.7 Å². The summed E-state index contributed by atoms with van der Waals surface area (Å²) in [7, 11) is 0. The van der Waals surface area contributed by atoms with E-state index < -0.39 is 0 Å². The Hall–Kier alpha value is -1.39. The zero-order valence-corrected chi connectivity index (χ0v) is 10.0. The first-order valence-electron chi connectivity index (χ1n) is 6.15. The Morgan fingerprint density at radius 1 is 1.41 bits per heavy atom. The molecule has 0 amide bonds. The molecule has 0 spiro atoms. The molecule has 0 bridgehead atoms. The highest BCUT2D eigenvalue weighted by Crippen LogP contribution is 2.19. The van der Waals surface area contributed by atoms with E-state index in [9.17, 15) is 0 Å². The summed E-state index contributed by atoms with van der Waals surface area (Å²) in [6.45, 7) is 5.55. The highest BCUT2D eigenvalue weighted by atomic mass is 16.5. The second-order valence-electron chi connectivity index (χ2n) is 4.37. The number of fused-ring (bicyclic) bond motifs is 1. The van der Waals surface area contributed by atoms with Crippen molar-refractivity contribution in [2.24, 2.45) is 0 Å². The van der Waals surface area contributed by atoms with Gasteiger partial charge in [-0.05, 0) is 13.0 Å². The van der Waals surface area contributed by atoms with Crippen molar-refractivity contribution < 1.29 is 4.74 Å².